The average molecular weight is 370 g/mol. The summed E-state index contributed by atoms with van der Waals surface area (Å²) in [6.45, 7) is 3.07. The van der Waals surface area contributed by atoms with Crippen molar-refractivity contribution in [2.75, 3.05) is 4.90 Å². The molecule has 2 aromatic carbocycles. The molecule has 0 saturated heterocycles. The quantitative estimate of drug-likeness (QED) is 0.534. The summed E-state index contributed by atoms with van der Waals surface area (Å²) in [5.41, 5.74) is 4.61. The third-order valence-corrected chi connectivity index (χ3v) is 5.02. The third-order valence-electron chi connectivity index (χ3n) is 5.02. The maximum Gasteiger partial charge on any atom is 0.258 e. The lowest BCUT2D eigenvalue weighted by Crippen LogP contribution is -2.30. The molecule has 1 aliphatic rings. The van der Waals surface area contributed by atoms with E-state index in [1.807, 2.05) is 53.4 Å². The molecule has 6 nitrogen and oxygen atoms in total. The first-order valence-electron chi connectivity index (χ1n) is 9.13. The van der Waals surface area contributed by atoms with Crippen molar-refractivity contribution in [3.8, 4) is 11.5 Å². The first-order chi connectivity index (χ1) is 13.7. The van der Waals surface area contributed by atoms with Crippen molar-refractivity contribution in [1.82, 2.24) is 14.7 Å². The second-order valence-corrected chi connectivity index (χ2v) is 6.87. The van der Waals surface area contributed by atoms with Crippen molar-refractivity contribution in [2.45, 2.75) is 20.0 Å². The fourth-order valence-electron chi connectivity index (χ4n) is 3.59. The van der Waals surface area contributed by atoms with Crippen LogP contribution in [-0.2, 0) is 13.1 Å². The summed E-state index contributed by atoms with van der Waals surface area (Å²) in [7, 11) is 0. The van der Waals surface area contributed by atoms with Crippen LogP contribution in [0.1, 0.15) is 27.4 Å². The summed E-state index contributed by atoms with van der Waals surface area (Å²) in [4.78, 5) is 19.4. The molecule has 138 valence electrons. The highest BCUT2D eigenvalue weighted by Crippen LogP contribution is 2.29. The Bertz CT molecular complexity index is 1160. The molecule has 0 aliphatic carbocycles. The SMILES string of the molecule is Cc1noc(-c2ccc(C(=O)N3Cc4cccn4Cc4ccccc43)cc2)n1. The first kappa shape index (κ1) is 16.5. The summed E-state index contributed by atoms with van der Waals surface area (Å²) < 4.78 is 7.39. The molecule has 1 aliphatic heterocycles. The molecule has 0 unspecified atom stereocenters. The molecule has 6 heteroatoms. The Hall–Kier alpha value is -3.67. The summed E-state index contributed by atoms with van der Waals surface area (Å²) in [5.74, 6) is 1.00. The lowest BCUT2D eigenvalue weighted by molar-refractivity contribution is 0.0985. The van der Waals surface area contributed by atoms with Crippen molar-refractivity contribution >= 4 is 11.6 Å². The van der Waals surface area contributed by atoms with Gasteiger partial charge in [0.2, 0.25) is 0 Å². The predicted molar refractivity (Wildman–Crippen MR) is 105 cm³/mol. The summed E-state index contributed by atoms with van der Waals surface area (Å²) in [6.07, 6.45) is 2.06. The topological polar surface area (TPSA) is 64.2 Å². The molecule has 0 bridgehead atoms. The summed E-state index contributed by atoms with van der Waals surface area (Å²) in [5, 5.41) is 3.81. The van der Waals surface area contributed by atoms with Gasteiger partial charge in [0.25, 0.3) is 11.8 Å². The number of anilines is 1. The number of aromatic nitrogens is 3. The van der Waals surface area contributed by atoms with Crippen LogP contribution in [0.2, 0.25) is 0 Å². The largest absolute Gasteiger partial charge is 0.345 e. The highest BCUT2D eigenvalue weighted by atomic mass is 16.5. The number of hydrogen-bond donors (Lipinski definition) is 0. The van der Waals surface area contributed by atoms with Gasteiger partial charge in [-0.2, -0.15) is 4.98 Å². The minimum Gasteiger partial charge on any atom is -0.345 e. The Labute approximate surface area is 162 Å². The monoisotopic (exact) mass is 370 g/mol. The van der Waals surface area contributed by atoms with Crippen molar-refractivity contribution in [1.29, 1.82) is 0 Å². The van der Waals surface area contributed by atoms with Gasteiger partial charge in [0.05, 0.1) is 6.54 Å². The standard InChI is InChI=1S/C22H18N4O2/c1-15-23-21(28-24-15)16-8-10-17(11-9-16)22(27)26-14-19-6-4-12-25(19)13-18-5-2-3-7-20(18)26/h2-12H,13-14H2,1H3. The maximum absolute atomic E-state index is 13.4. The van der Waals surface area contributed by atoms with Gasteiger partial charge in [-0.15, -0.1) is 0 Å². The molecular weight excluding hydrogens is 352 g/mol. The van der Waals surface area contributed by atoms with Gasteiger partial charge < -0.3 is 14.0 Å². The second kappa shape index (κ2) is 6.49. The Morgan fingerprint density at radius 3 is 2.61 bits per heavy atom. The molecule has 5 rings (SSSR count). The van der Waals surface area contributed by atoms with Crippen LogP contribution >= 0.6 is 0 Å². The van der Waals surface area contributed by atoms with E-state index in [1.165, 1.54) is 0 Å². The van der Waals surface area contributed by atoms with E-state index in [1.54, 1.807) is 6.92 Å². The molecule has 0 atom stereocenters. The molecule has 3 heterocycles. The highest BCUT2D eigenvalue weighted by Gasteiger charge is 2.24. The Kier molecular flexibility index (Phi) is 3.83. The number of carbonyl (C=O) groups excluding carboxylic acids is 1. The maximum atomic E-state index is 13.4. The van der Waals surface area contributed by atoms with E-state index in [0.29, 0.717) is 23.8 Å². The number of carbonyl (C=O) groups is 1. The second-order valence-electron chi connectivity index (χ2n) is 6.87. The molecule has 0 N–H and O–H groups in total. The van der Waals surface area contributed by atoms with Gasteiger partial charge in [-0.1, -0.05) is 23.4 Å². The van der Waals surface area contributed by atoms with Gasteiger partial charge in [-0.05, 0) is 55.0 Å². The number of nitrogens with zero attached hydrogens (tertiary/aromatic N) is 4. The van der Waals surface area contributed by atoms with E-state index >= 15 is 0 Å². The molecule has 28 heavy (non-hydrogen) atoms. The minimum atomic E-state index is -0.0321. The van der Waals surface area contributed by atoms with Crippen LogP contribution in [0, 0.1) is 6.92 Å². The predicted octanol–water partition coefficient (Wildman–Crippen LogP) is 4.06. The lowest BCUT2D eigenvalue weighted by Gasteiger charge is -2.23. The zero-order valence-electron chi connectivity index (χ0n) is 15.4. The number of hydrogen-bond acceptors (Lipinski definition) is 4. The van der Waals surface area contributed by atoms with E-state index in [0.717, 1.165) is 29.1 Å². The lowest BCUT2D eigenvalue weighted by atomic mass is 10.1. The van der Waals surface area contributed by atoms with E-state index in [-0.39, 0.29) is 5.91 Å². The summed E-state index contributed by atoms with van der Waals surface area (Å²) in [6, 6.07) is 19.5. The fourth-order valence-corrected chi connectivity index (χ4v) is 3.59. The third kappa shape index (κ3) is 2.79. The van der Waals surface area contributed by atoms with Crippen LogP contribution in [0.25, 0.3) is 11.5 Å². The molecule has 0 fully saturated rings. The number of aryl methyl sites for hydroxylation is 1. The van der Waals surface area contributed by atoms with E-state index in [4.69, 9.17) is 4.52 Å². The van der Waals surface area contributed by atoms with Crippen molar-refractivity contribution in [3.05, 3.63) is 89.5 Å². The normalized spacial score (nSPS) is 13.0. The van der Waals surface area contributed by atoms with Crippen LogP contribution in [0.4, 0.5) is 5.69 Å². The van der Waals surface area contributed by atoms with Gasteiger partial charge in [-0.3, -0.25) is 4.79 Å². The molecule has 0 spiro atoms. The van der Waals surface area contributed by atoms with Gasteiger partial charge in [0, 0.05) is 35.2 Å². The van der Waals surface area contributed by atoms with Crippen LogP contribution in [0.5, 0.6) is 0 Å². The number of benzene rings is 2. The first-order valence-corrected chi connectivity index (χ1v) is 9.13. The van der Waals surface area contributed by atoms with Crippen molar-refractivity contribution in [2.24, 2.45) is 0 Å². The van der Waals surface area contributed by atoms with E-state index < -0.39 is 0 Å². The van der Waals surface area contributed by atoms with Gasteiger partial charge in [-0.25, -0.2) is 0 Å². The summed E-state index contributed by atoms with van der Waals surface area (Å²) >= 11 is 0. The molecule has 1 amide bonds. The zero-order chi connectivity index (χ0) is 19.1. The molecule has 4 aromatic rings. The fraction of sp³-hybridized carbons (Fsp3) is 0.136. The zero-order valence-corrected chi connectivity index (χ0v) is 15.4. The van der Waals surface area contributed by atoms with Crippen molar-refractivity contribution < 1.29 is 9.32 Å². The van der Waals surface area contributed by atoms with Crippen LogP contribution < -0.4 is 4.90 Å². The van der Waals surface area contributed by atoms with Gasteiger partial charge >= 0.3 is 0 Å². The minimum absolute atomic E-state index is 0.0321. The smallest absolute Gasteiger partial charge is 0.258 e. The number of para-hydroxylation sites is 1. The highest BCUT2D eigenvalue weighted by molar-refractivity contribution is 6.06. The van der Waals surface area contributed by atoms with E-state index in [2.05, 4.69) is 33.0 Å². The number of fused-ring (bicyclic) bond motifs is 2. The van der Waals surface area contributed by atoms with Gasteiger partial charge in [0.1, 0.15) is 0 Å². The molecular formula is C22H18N4O2. The van der Waals surface area contributed by atoms with Crippen LogP contribution in [0.3, 0.4) is 0 Å². The Morgan fingerprint density at radius 2 is 1.82 bits per heavy atom. The number of rotatable bonds is 2. The number of amides is 1. The molecule has 0 saturated carbocycles. The molecule has 2 aromatic heterocycles. The van der Waals surface area contributed by atoms with Crippen LogP contribution in [-0.4, -0.2) is 20.6 Å². The average Bonchev–Trinajstić information content (AvgIpc) is 3.32. The van der Waals surface area contributed by atoms with Gasteiger partial charge in [0.15, 0.2) is 5.82 Å². The Balaban J connectivity index is 1.50. The molecule has 0 radical (unpaired) electrons. The van der Waals surface area contributed by atoms with Crippen molar-refractivity contribution in [3.63, 3.8) is 0 Å². The Morgan fingerprint density at radius 1 is 1.00 bits per heavy atom. The van der Waals surface area contributed by atoms with Crippen LogP contribution in [0.15, 0.2) is 71.4 Å². The van der Waals surface area contributed by atoms with E-state index in [9.17, 15) is 4.79 Å².